The third kappa shape index (κ3) is 3.99. The van der Waals surface area contributed by atoms with E-state index in [9.17, 15) is 4.79 Å². The Morgan fingerprint density at radius 2 is 2.20 bits per heavy atom. The molecule has 0 radical (unpaired) electrons. The molecule has 2 rings (SSSR count). The largest absolute Gasteiger partial charge is 0.493 e. The lowest BCUT2D eigenvalue weighted by Gasteiger charge is -2.31. The lowest BCUT2D eigenvalue weighted by molar-refractivity contribution is -0.133. The first kappa shape index (κ1) is 14.9. The van der Waals surface area contributed by atoms with Gasteiger partial charge in [0.1, 0.15) is 5.75 Å². The van der Waals surface area contributed by atoms with Gasteiger partial charge in [0.2, 0.25) is 5.91 Å². The third-order valence-electron chi connectivity index (χ3n) is 3.91. The molecule has 3 heteroatoms. The summed E-state index contributed by atoms with van der Waals surface area (Å²) in [4.78, 5) is 14.1. The number of carbonyl (C=O) groups is 1. The third-order valence-corrected chi connectivity index (χ3v) is 3.91. The molecule has 1 saturated heterocycles. The van der Waals surface area contributed by atoms with Crippen LogP contribution in [0, 0.1) is 19.8 Å². The van der Waals surface area contributed by atoms with Crippen molar-refractivity contribution < 1.29 is 9.53 Å². The average Bonchev–Trinajstić information content (AvgIpc) is 2.41. The van der Waals surface area contributed by atoms with Crippen molar-refractivity contribution in [2.75, 3.05) is 19.7 Å². The maximum Gasteiger partial charge on any atom is 0.226 e. The number of carbonyl (C=O) groups excluding carboxylic acids is 1. The summed E-state index contributed by atoms with van der Waals surface area (Å²) in [5.74, 6) is 1.74. The van der Waals surface area contributed by atoms with Gasteiger partial charge in [-0.3, -0.25) is 4.79 Å². The standard InChI is InChI=1S/C17H25NO2/c1-13-6-7-16(15(3)11-13)20-10-8-17(19)18-9-4-5-14(2)12-18/h6-7,11,14H,4-5,8-10,12H2,1-3H3. The zero-order valence-corrected chi connectivity index (χ0v) is 12.8. The van der Waals surface area contributed by atoms with Gasteiger partial charge in [0.25, 0.3) is 0 Å². The van der Waals surface area contributed by atoms with Crippen molar-refractivity contribution in [1.82, 2.24) is 4.90 Å². The van der Waals surface area contributed by atoms with Crippen LogP contribution in [-0.2, 0) is 4.79 Å². The Kier molecular flexibility index (Phi) is 5.05. The molecule has 0 N–H and O–H groups in total. The molecule has 0 bridgehead atoms. The van der Waals surface area contributed by atoms with Gasteiger partial charge in [0.05, 0.1) is 13.0 Å². The number of piperidine rings is 1. The number of rotatable bonds is 4. The highest BCUT2D eigenvalue weighted by Crippen LogP contribution is 2.19. The molecule has 0 aromatic heterocycles. The van der Waals surface area contributed by atoms with Crippen LogP contribution in [0.3, 0.4) is 0 Å². The minimum atomic E-state index is 0.223. The highest BCUT2D eigenvalue weighted by molar-refractivity contribution is 5.76. The van der Waals surface area contributed by atoms with E-state index in [2.05, 4.69) is 19.9 Å². The fraction of sp³-hybridized carbons (Fsp3) is 0.588. The van der Waals surface area contributed by atoms with Gasteiger partial charge in [-0.15, -0.1) is 0 Å². The van der Waals surface area contributed by atoms with Gasteiger partial charge in [0, 0.05) is 13.1 Å². The van der Waals surface area contributed by atoms with Crippen molar-refractivity contribution in [2.45, 2.75) is 40.0 Å². The molecule has 110 valence electrons. The second-order valence-electron chi connectivity index (χ2n) is 5.95. The molecule has 1 heterocycles. The summed E-state index contributed by atoms with van der Waals surface area (Å²) in [6.07, 6.45) is 2.84. The second kappa shape index (κ2) is 6.78. The van der Waals surface area contributed by atoms with Crippen LogP contribution in [0.5, 0.6) is 5.75 Å². The van der Waals surface area contributed by atoms with E-state index in [1.165, 1.54) is 12.0 Å². The fourth-order valence-corrected chi connectivity index (χ4v) is 2.78. The molecule has 3 nitrogen and oxygen atoms in total. The SMILES string of the molecule is Cc1ccc(OCCC(=O)N2CCCC(C)C2)c(C)c1. The van der Waals surface area contributed by atoms with E-state index in [4.69, 9.17) is 4.74 Å². The van der Waals surface area contributed by atoms with E-state index in [1.807, 2.05) is 24.0 Å². The molecule has 0 saturated carbocycles. The quantitative estimate of drug-likeness (QED) is 0.843. The van der Waals surface area contributed by atoms with Gasteiger partial charge in [-0.1, -0.05) is 24.6 Å². The molecule has 1 aromatic carbocycles. The van der Waals surface area contributed by atoms with Crippen molar-refractivity contribution in [3.8, 4) is 5.75 Å². The minimum Gasteiger partial charge on any atom is -0.493 e. The van der Waals surface area contributed by atoms with Crippen LogP contribution in [0.15, 0.2) is 18.2 Å². The Hall–Kier alpha value is -1.51. The van der Waals surface area contributed by atoms with E-state index in [1.54, 1.807) is 0 Å². The summed E-state index contributed by atoms with van der Waals surface area (Å²) < 4.78 is 5.73. The molecular weight excluding hydrogens is 250 g/mol. The zero-order chi connectivity index (χ0) is 14.5. The van der Waals surface area contributed by atoms with Crippen molar-refractivity contribution in [3.05, 3.63) is 29.3 Å². The number of hydrogen-bond acceptors (Lipinski definition) is 2. The van der Waals surface area contributed by atoms with Crippen molar-refractivity contribution in [1.29, 1.82) is 0 Å². The van der Waals surface area contributed by atoms with Crippen LogP contribution in [0.25, 0.3) is 0 Å². The van der Waals surface area contributed by atoms with Crippen LogP contribution in [0.4, 0.5) is 0 Å². The second-order valence-corrected chi connectivity index (χ2v) is 5.95. The van der Waals surface area contributed by atoms with Crippen molar-refractivity contribution in [2.24, 2.45) is 5.92 Å². The number of aryl methyl sites for hydroxylation is 2. The van der Waals surface area contributed by atoms with Crippen molar-refractivity contribution in [3.63, 3.8) is 0 Å². The number of likely N-dealkylation sites (tertiary alicyclic amines) is 1. The molecule has 1 aliphatic heterocycles. The van der Waals surface area contributed by atoms with E-state index in [-0.39, 0.29) is 5.91 Å². The van der Waals surface area contributed by atoms with E-state index in [0.29, 0.717) is 18.9 Å². The minimum absolute atomic E-state index is 0.223. The number of nitrogens with zero attached hydrogens (tertiary/aromatic N) is 1. The highest BCUT2D eigenvalue weighted by Gasteiger charge is 2.20. The Morgan fingerprint density at radius 1 is 1.40 bits per heavy atom. The summed E-state index contributed by atoms with van der Waals surface area (Å²) in [7, 11) is 0. The van der Waals surface area contributed by atoms with Crippen LogP contribution >= 0.6 is 0 Å². The number of hydrogen-bond donors (Lipinski definition) is 0. The lowest BCUT2D eigenvalue weighted by Crippen LogP contribution is -2.39. The summed E-state index contributed by atoms with van der Waals surface area (Å²) in [5.41, 5.74) is 2.36. The van der Waals surface area contributed by atoms with Crippen LogP contribution in [-0.4, -0.2) is 30.5 Å². The molecule has 1 fully saturated rings. The topological polar surface area (TPSA) is 29.5 Å². The van der Waals surface area contributed by atoms with Crippen LogP contribution in [0.1, 0.15) is 37.3 Å². The van der Waals surface area contributed by atoms with E-state index in [0.717, 1.165) is 30.8 Å². The molecule has 1 aromatic rings. The van der Waals surface area contributed by atoms with E-state index >= 15 is 0 Å². The maximum absolute atomic E-state index is 12.1. The Morgan fingerprint density at radius 3 is 2.90 bits per heavy atom. The summed E-state index contributed by atoms with van der Waals surface area (Å²) in [5, 5.41) is 0. The monoisotopic (exact) mass is 275 g/mol. The van der Waals surface area contributed by atoms with Gasteiger partial charge >= 0.3 is 0 Å². The summed E-state index contributed by atoms with van der Waals surface area (Å²) in [6.45, 7) is 8.60. The number of amides is 1. The van der Waals surface area contributed by atoms with Gasteiger partial charge in [-0.05, 0) is 44.2 Å². The normalized spacial score (nSPS) is 18.9. The Balaban J connectivity index is 1.79. The van der Waals surface area contributed by atoms with Gasteiger partial charge in [0.15, 0.2) is 0 Å². The molecule has 20 heavy (non-hydrogen) atoms. The number of ether oxygens (including phenoxy) is 1. The van der Waals surface area contributed by atoms with Gasteiger partial charge in [-0.2, -0.15) is 0 Å². The molecule has 1 unspecified atom stereocenters. The number of benzene rings is 1. The van der Waals surface area contributed by atoms with Crippen LogP contribution < -0.4 is 4.74 Å². The lowest BCUT2D eigenvalue weighted by atomic mass is 10.0. The van der Waals surface area contributed by atoms with Crippen molar-refractivity contribution >= 4 is 5.91 Å². The highest BCUT2D eigenvalue weighted by atomic mass is 16.5. The Bertz CT molecular complexity index is 470. The predicted molar refractivity (Wildman–Crippen MR) is 81.0 cm³/mol. The van der Waals surface area contributed by atoms with Crippen LogP contribution in [0.2, 0.25) is 0 Å². The summed E-state index contributed by atoms with van der Waals surface area (Å²) in [6, 6.07) is 6.12. The smallest absolute Gasteiger partial charge is 0.226 e. The first-order valence-electron chi connectivity index (χ1n) is 7.54. The molecule has 1 amide bonds. The van der Waals surface area contributed by atoms with E-state index < -0.39 is 0 Å². The molecule has 1 atom stereocenters. The molecule has 1 aliphatic rings. The Labute approximate surface area is 121 Å². The molecule has 0 aliphatic carbocycles. The maximum atomic E-state index is 12.1. The van der Waals surface area contributed by atoms with Gasteiger partial charge in [-0.25, -0.2) is 0 Å². The molecular formula is C17H25NO2. The zero-order valence-electron chi connectivity index (χ0n) is 12.8. The molecule has 0 spiro atoms. The average molecular weight is 275 g/mol. The predicted octanol–water partition coefficient (Wildman–Crippen LogP) is 3.33. The fourth-order valence-electron chi connectivity index (χ4n) is 2.78. The first-order valence-corrected chi connectivity index (χ1v) is 7.54. The van der Waals surface area contributed by atoms with Gasteiger partial charge < -0.3 is 9.64 Å². The first-order chi connectivity index (χ1) is 9.56. The summed E-state index contributed by atoms with van der Waals surface area (Å²) >= 11 is 0.